The van der Waals surface area contributed by atoms with Crippen LogP contribution in [0.2, 0.25) is 0 Å². The Labute approximate surface area is 214 Å². The zero-order valence-corrected chi connectivity index (χ0v) is 21.9. The van der Waals surface area contributed by atoms with Gasteiger partial charge in [-0.15, -0.1) is 0 Å². The van der Waals surface area contributed by atoms with Gasteiger partial charge in [-0.2, -0.15) is 18.3 Å². The summed E-state index contributed by atoms with van der Waals surface area (Å²) in [4.78, 5) is 21.2. The third-order valence-corrected chi connectivity index (χ3v) is 5.87. The highest BCUT2D eigenvalue weighted by Crippen LogP contribution is 2.32. The number of alkyl halides is 3. The van der Waals surface area contributed by atoms with Gasteiger partial charge in [-0.25, -0.2) is 4.99 Å². The van der Waals surface area contributed by atoms with Crippen molar-refractivity contribution in [1.29, 1.82) is 0 Å². The van der Waals surface area contributed by atoms with E-state index in [1.807, 2.05) is 26.0 Å². The van der Waals surface area contributed by atoms with Crippen LogP contribution in [-0.2, 0) is 4.79 Å². The van der Waals surface area contributed by atoms with Gasteiger partial charge in [-0.05, 0) is 58.2 Å². The third-order valence-electron chi connectivity index (χ3n) is 5.87. The monoisotopic (exact) mass is 517 g/mol. The second-order valence-electron chi connectivity index (χ2n) is 8.65. The molecule has 0 saturated heterocycles. The molecule has 0 aliphatic carbocycles. The van der Waals surface area contributed by atoms with Gasteiger partial charge >= 0.3 is 6.18 Å². The summed E-state index contributed by atoms with van der Waals surface area (Å²) in [6.45, 7) is 9.14. The number of nitrogens with one attached hydrogen (secondary N) is 2. The Morgan fingerprint density at radius 3 is 2.51 bits per heavy atom. The van der Waals surface area contributed by atoms with E-state index in [0.717, 1.165) is 11.1 Å². The Kier molecular flexibility index (Phi) is 9.81. The lowest BCUT2D eigenvalue weighted by molar-refractivity contribution is -0.123. The van der Waals surface area contributed by atoms with Crippen LogP contribution in [0.5, 0.6) is 0 Å². The number of hydrogen-bond acceptors (Lipinski definition) is 6. The number of H-pyrrole nitrogens is 1. The number of hydrogen-bond donors (Lipinski definition) is 4. The molecule has 0 bridgehead atoms. The van der Waals surface area contributed by atoms with Crippen LogP contribution in [-0.4, -0.2) is 40.2 Å². The van der Waals surface area contributed by atoms with E-state index in [1.165, 1.54) is 6.20 Å². The second-order valence-corrected chi connectivity index (χ2v) is 8.65. The zero-order chi connectivity index (χ0) is 27.9. The number of aromatic nitrogens is 2. The van der Waals surface area contributed by atoms with E-state index in [2.05, 4.69) is 20.5 Å². The van der Waals surface area contributed by atoms with Gasteiger partial charge in [-0.1, -0.05) is 19.1 Å². The molecule has 0 spiro atoms. The summed E-state index contributed by atoms with van der Waals surface area (Å²) in [7, 11) is 0. The number of allylic oxidation sites excluding steroid dienone is 3. The maximum Gasteiger partial charge on any atom is 0.405 e. The number of carbonyl (C=O) groups excluding carboxylic acids is 1. The summed E-state index contributed by atoms with van der Waals surface area (Å²) in [5.74, 6) is -1.50. The highest BCUT2D eigenvalue weighted by Gasteiger charge is 2.29. The Bertz CT molecular complexity index is 1300. The maximum absolute atomic E-state index is 13.1. The van der Waals surface area contributed by atoms with Crippen molar-refractivity contribution in [2.75, 3.05) is 6.54 Å². The van der Waals surface area contributed by atoms with Crippen molar-refractivity contribution in [2.24, 2.45) is 27.4 Å². The first-order valence-electron chi connectivity index (χ1n) is 11.8. The standard InChI is InChI=1S/C26H34F3N7O/c1-7-11-32-23(22(14(3)8-2)33-13-26(27,28)29)17(6)35-24(21(30)16(5)25(31)37)20-15(4)9-10-19-18(20)12-34-36-19/h7,9-12,16,33H,8,13,30H2,1-6H3,(H2,31,37)(H,34,36)/b11-7-,22-14-,24-21+,32-23+,35-17?. The SMILES string of the molecule is C\C=C/N=C(C(C)=N/C(=C(/N)C(C)C(N)=O)c1c(C)ccc2[nH]ncc12)/C(NCC(F)(F)F)=C(\C)CC. The fourth-order valence-electron chi connectivity index (χ4n) is 3.57. The molecule has 0 aliphatic heterocycles. The Morgan fingerprint density at radius 1 is 1.27 bits per heavy atom. The molecule has 1 heterocycles. The molecule has 0 aliphatic rings. The Morgan fingerprint density at radius 2 is 1.95 bits per heavy atom. The van der Waals surface area contributed by atoms with Crippen molar-refractivity contribution in [1.82, 2.24) is 15.5 Å². The minimum atomic E-state index is -4.43. The van der Waals surface area contributed by atoms with Crippen LogP contribution in [0.15, 0.2) is 57.6 Å². The van der Waals surface area contributed by atoms with Gasteiger partial charge in [0.05, 0.1) is 34.7 Å². The number of fused-ring (bicyclic) bond motifs is 1. The number of aliphatic imine (C=N–C) groups is 2. The maximum atomic E-state index is 13.1. The van der Waals surface area contributed by atoms with Gasteiger partial charge in [0.1, 0.15) is 12.3 Å². The third kappa shape index (κ3) is 7.31. The fourth-order valence-corrected chi connectivity index (χ4v) is 3.57. The minimum absolute atomic E-state index is 0.120. The molecule has 8 nitrogen and oxygen atoms in total. The summed E-state index contributed by atoms with van der Waals surface area (Å²) in [6, 6.07) is 3.71. The number of benzene rings is 1. The summed E-state index contributed by atoms with van der Waals surface area (Å²) < 4.78 is 39.4. The van der Waals surface area contributed by atoms with Gasteiger partial charge < -0.3 is 16.8 Å². The van der Waals surface area contributed by atoms with Crippen LogP contribution in [0, 0.1) is 12.8 Å². The molecule has 0 fully saturated rings. The molecular formula is C26H34F3N7O. The molecule has 6 N–H and O–H groups in total. The van der Waals surface area contributed by atoms with Crippen molar-refractivity contribution < 1.29 is 18.0 Å². The average molecular weight is 518 g/mol. The number of primary amides is 1. The van der Waals surface area contributed by atoms with Crippen LogP contribution in [0.1, 0.15) is 52.2 Å². The predicted octanol–water partition coefficient (Wildman–Crippen LogP) is 4.89. The smallest absolute Gasteiger partial charge is 0.400 e. The van der Waals surface area contributed by atoms with Gasteiger partial charge in [0.25, 0.3) is 0 Å². The average Bonchev–Trinajstić information content (AvgIpc) is 3.31. The highest BCUT2D eigenvalue weighted by atomic mass is 19.4. The molecule has 1 atom stereocenters. The van der Waals surface area contributed by atoms with E-state index in [0.29, 0.717) is 28.7 Å². The lowest BCUT2D eigenvalue weighted by Crippen LogP contribution is -2.34. The van der Waals surface area contributed by atoms with E-state index in [1.54, 1.807) is 40.0 Å². The van der Waals surface area contributed by atoms with Crippen molar-refractivity contribution in [3.63, 3.8) is 0 Å². The lowest BCUT2D eigenvalue weighted by Gasteiger charge is -2.20. The number of nitrogens with two attached hydrogens (primary N) is 2. The molecule has 1 unspecified atom stereocenters. The van der Waals surface area contributed by atoms with Crippen molar-refractivity contribution in [3.05, 3.63) is 58.7 Å². The van der Waals surface area contributed by atoms with E-state index in [-0.39, 0.29) is 22.8 Å². The van der Waals surface area contributed by atoms with Crippen molar-refractivity contribution >= 4 is 33.9 Å². The number of aryl methyl sites for hydroxylation is 1. The quantitative estimate of drug-likeness (QED) is 0.334. The first-order chi connectivity index (χ1) is 17.3. The molecule has 1 aromatic heterocycles. The number of aromatic amines is 1. The molecule has 2 aromatic rings. The van der Waals surface area contributed by atoms with Crippen LogP contribution in [0.3, 0.4) is 0 Å². The van der Waals surface area contributed by atoms with Gasteiger partial charge in [0.2, 0.25) is 5.91 Å². The van der Waals surface area contributed by atoms with Crippen molar-refractivity contribution in [3.8, 4) is 0 Å². The van der Waals surface area contributed by atoms with Crippen LogP contribution in [0.25, 0.3) is 16.6 Å². The minimum Gasteiger partial charge on any atom is -0.400 e. The predicted molar refractivity (Wildman–Crippen MR) is 143 cm³/mol. The molecule has 200 valence electrons. The first kappa shape index (κ1) is 29.3. The number of rotatable bonds is 10. The Balaban J connectivity index is 2.86. The van der Waals surface area contributed by atoms with Gasteiger partial charge in [0, 0.05) is 22.8 Å². The summed E-state index contributed by atoms with van der Waals surface area (Å²) in [6.07, 6.45) is 0.812. The van der Waals surface area contributed by atoms with E-state index in [4.69, 9.17) is 16.5 Å². The fraction of sp³-hybridized carbons (Fsp3) is 0.385. The van der Waals surface area contributed by atoms with Crippen molar-refractivity contribution in [2.45, 2.75) is 54.1 Å². The number of halogens is 3. The second kappa shape index (κ2) is 12.4. The number of amides is 1. The molecule has 2 rings (SSSR count). The molecule has 1 amide bonds. The largest absolute Gasteiger partial charge is 0.405 e. The summed E-state index contributed by atoms with van der Waals surface area (Å²) in [5, 5.41) is 10.2. The number of carbonyl (C=O) groups is 1. The molecule has 1 aromatic carbocycles. The van der Waals surface area contributed by atoms with E-state index in [9.17, 15) is 18.0 Å². The molecular weight excluding hydrogens is 483 g/mol. The molecule has 11 heteroatoms. The highest BCUT2D eigenvalue weighted by molar-refractivity contribution is 6.48. The van der Waals surface area contributed by atoms with Gasteiger partial charge in [-0.3, -0.25) is 14.9 Å². The molecule has 37 heavy (non-hydrogen) atoms. The topological polar surface area (TPSA) is 135 Å². The normalized spacial score (nSPS) is 15.6. The number of nitrogens with zero attached hydrogens (tertiary/aromatic N) is 3. The lowest BCUT2D eigenvalue weighted by atomic mass is 9.96. The Hall–Kier alpha value is -3.89. The zero-order valence-electron chi connectivity index (χ0n) is 21.9. The van der Waals surface area contributed by atoms with Crippen LogP contribution >= 0.6 is 0 Å². The first-order valence-corrected chi connectivity index (χ1v) is 11.8. The molecule has 0 radical (unpaired) electrons. The van der Waals surface area contributed by atoms with E-state index >= 15 is 0 Å². The van der Waals surface area contributed by atoms with Crippen LogP contribution < -0.4 is 16.8 Å². The molecule has 0 saturated carbocycles. The van der Waals surface area contributed by atoms with Crippen LogP contribution in [0.4, 0.5) is 13.2 Å². The summed E-state index contributed by atoms with van der Waals surface area (Å²) in [5.41, 5.74) is 16.0. The van der Waals surface area contributed by atoms with Gasteiger partial charge in [0.15, 0.2) is 0 Å². The van der Waals surface area contributed by atoms with E-state index < -0.39 is 24.5 Å². The summed E-state index contributed by atoms with van der Waals surface area (Å²) >= 11 is 0.